The monoisotopic (exact) mass is 249 g/mol. The second kappa shape index (κ2) is 4.90. The lowest BCUT2D eigenvalue weighted by Crippen LogP contribution is -2.21. The molecule has 2 N–H and O–H groups in total. The Bertz CT molecular complexity index is 500. The van der Waals surface area contributed by atoms with E-state index in [0.717, 1.165) is 11.3 Å². The number of hydrogen-bond acceptors (Lipinski definition) is 2. The van der Waals surface area contributed by atoms with Gasteiger partial charge in [-0.05, 0) is 19.4 Å². The minimum absolute atomic E-state index is 0.0427. The van der Waals surface area contributed by atoms with Crippen molar-refractivity contribution in [2.45, 2.75) is 19.9 Å². The van der Waals surface area contributed by atoms with Gasteiger partial charge in [-0.1, -0.05) is 41.4 Å². The number of halogens is 1. The van der Waals surface area contributed by atoms with Gasteiger partial charge in [0.15, 0.2) is 0 Å². The van der Waals surface area contributed by atoms with Crippen LogP contribution in [-0.2, 0) is 0 Å². The molecule has 90 valence electrons. The largest absolute Gasteiger partial charge is 0.328 e. The van der Waals surface area contributed by atoms with Crippen molar-refractivity contribution in [2.75, 3.05) is 6.54 Å². The molecular weight excluding hydrogens is 234 g/mol. The van der Waals surface area contributed by atoms with Crippen LogP contribution in [0.2, 0.25) is 5.02 Å². The molecule has 0 aliphatic rings. The molecule has 0 bridgehead atoms. The standard InChI is InChI=1S/C13H16ClN3/c1-9-4-3-5-11(6-9)13(7-15)17-8-12(14)10(2)16-17/h3-6,8,13H,7,15H2,1-2H3. The van der Waals surface area contributed by atoms with Crippen molar-refractivity contribution in [3.05, 3.63) is 52.3 Å². The Labute approximate surface area is 106 Å². The average molecular weight is 250 g/mol. The Kier molecular flexibility index (Phi) is 3.50. The Morgan fingerprint density at radius 3 is 2.71 bits per heavy atom. The van der Waals surface area contributed by atoms with E-state index in [2.05, 4.69) is 30.2 Å². The summed E-state index contributed by atoms with van der Waals surface area (Å²) >= 11 is 6.03. The Morgan fingerprint density at radius 1 is 1.41 bits per heavy atom. The lowest BCUT2D eigenvalue weighted by molar-refractivity contribution is 0.528. The molecule has 1 aromatic heterocycles. The summed E-state index contributed by atoms with van der Waals surface area (Å²) in [5.74, 6) is 0. The molecule has 0 aliphatic heterocycles. The summed E-state index contributed by atoms with van der Waals surface area (Å²) in [7, 11) is 0. The van der Waals surface area contributed by atoms with Gasteiger partial charge in [0.05, 0.1) is 16.8 Å². The molecule has 2 rings (SSSR count). The number of benzene rings is 1. The lowest BCUT2D eigenvalue weighted by atomic mass is 10.0. The highest BCUT2D eigenvalue weighted by Crippen LogP contribution is 2.21. The molecule has 0 saturated carbocycles. The third-order valence-corrected chi connectivity index (χ3v) is 3.20. The van der Waals surface area contributed by atoms with E-state index in [0.29, 0.717) is 11.6 Å². The van der Waals surface area contributed by atoms with Gasteiger partial charge in [-0.2, -0.15) is 5.10 Å². The van der Waals surface area contributed by atoms with E-state index in [1.807, 2.05) is 23.9 Å². The van der Waals surface area contributed by atoms with Crippen molar-refractivity contribution in [3.8, 4) is 0 Å². The SMILES string of the molecule is Cc1cccc(C(CN)n2cc(Cl)c(C)n2)c1. The molecule has 0 radical (unpaired) electrons. The lowest BCUT2D eigenvalue weighted by Gasteiger charge is -2.16. The predicted octanol–water partition coefficient (Wildman–Crippen LogP) is 2.70. The Hall–Kier alpha value is -1.32. The summed E-state index contributed by atoms with van der Waals surface area (Å²) in [5.41, 5.74) is 9.05. The zero-order chi connectivity index (χ0) is 12.4. The first-order chi connectivity index (χ1) is 8.11. The molecule has 0 spiro atoms. The molecule has 0 saturated heterocycles. The molecule has 1 aromatic carbocycles. The van der Waals surface area contributed by atoms with Crippen LogP contribution in [0.1, 0.15) is 22.9 Å². The first-order valence-electron chi connectivity index (χ1n) is 5.59. The van der Waals surface area contributed by atoms with Crippen molar-refractivity contribution in [1.82, 2.24) is 9.78 Å². The summed E-state index contributed by atoms with van der Waals surface area (Å²) in [5, 5.41) is 5.07. The summed E-state index contributed by atoms with van der Waals surface area (Å²) in [6, 6.07) is 8.34. The van der Waals surface area contributed by atoms with Gasteiger partial charge in [0, 0.05) is 12.7 Å². The summed E-state index contributed by atoms with van der Waals surface area (Å²) in [4.78, 5) is 0. The first kappa shape index (κ1) is 12.1. The van der Waals surface area contributed by atoms with E-state index in [-0.39, 0.29) is 6.04 Å². The van der Waals surface area contributed by atoms with Gasteiger partial charge >= 0.3 is 0 Å². The third-order valence-electron chi connectivity index (χ3n) is 2.83. The van der Waals surface area contributed by atoms with Crippen LogP contribution in [0.3, 0.4) is 0 Å². The molecule has 3 nitrogen and oxygen atoms in total. The second-order valence-electron chi connectivity index (χ2n) is 4.21. The highest BCUT2D eigenvalue weighted by atomic mass is 35.5. The number of aryl methyl sites for hydroxylation is 2. The maximum Gasteiger partial charge on any atom is 0.0891 e. The Morgan fingerprint density at radius 2 is 2.18 bits per heavy atom. The molecule has 1 unspecified atom stereocenters. The number of nitrogens with zero attached hydrogens (tertiary/aromatic N) is 2. The smallest absolute Gasteiger partial charge is 0.0891 e. The van der Waals surface area contributed by atoms with Gasteiger partial charge in [0.25, 0.3) is 0 Å². The van der Waals surface area contributed by atoms with Crippen LogP contribution in [0, 0.1) is 13.8 Å². The van der Waals surface area contributed by atoms with Crippen molar-refractivity contribution in [1.29, 1.82) is 0 Å². The quantitative estimate of drug-likeness (QED) is 0.909. The molecule has 17 heavy (non-hydrogen) atoms. The first-order valence-corrected chi connectivity index (χ1v) is 5.97. The summed E-state index contributed by atoms with van der Waals surface area (Å²) in [6.07, 6.45) is 1.83. The molecule has 0 aliphatic carbocycles. The highest BCUT2D eigenvalue weighted by molar-refractivity contribution is 6.31. The second-order valence-corrected chi connectivity index (χ2v) is 4.62. The molecular formula is C13H16ClN3. The van der Waals surface area contributed by atoms with Crippen LogP contribution in [0.4, 0.5) is 0 Å². The summed E-state index contributed by atoms with van der Waals surface area (Å²) < 4.78 is 1.84. The third kappa shape index (κ3) is 2.51. The van der Waals surface area contributed by atoms with E-state index in [9.17, 15) is 0 Å². The van der Waals surface area contributed by atoms with Crippen LogP contribution in [0.5, 0.6) is 0 Å². The molecule has 0 fully saturated rings. The van der Waals surface area contributed by atoms with E-state index < -0.39 is 0 Å². The summed E-state index contributed by atoms with van der Waals surface area (Å²) in [6.45, 7) is 4.46. The van der Waals surface area contributed by atoms with Crippen molar-refractivity contribution in [2.24, 2.45) is 5.73 Å². The van der Waals surface area contributed by atoms with E-state index in [4.69, 9.17) is 17.3 Å². The van der Waals surface area contributed by atoms with Gasteiger partial charge in [0.2, 0.25) is 0 Å². The minimum atomic E-state index is 0.0427. The van der Waals surface area contributed by atoms with Crippen LogP contribution in [-0.4, -0.2) is 16.3 Å². The Balaban J connectivity index is 2.39. The van der Waals surface area contributed by atoms with E-state index >= 15 is 0 Å². The van der Waals surface area contributed by atoms with Gasteiger partial charge in [0.1, 0.15) is 0 Å². The van der Waals surface area contributed by atoms with Gasteiger partial charge in [-0.3, -0.25) is 4.68 Å². The van der Waals surface area contributed by atoms with Crippen molar-refractivity contribution in [3.63, 3.8) is 0 Å². The van der Waals surface area contributed by atoms with Gasteiger partial charge < -0.3 is 5.73 Å². The average Bonchev–Trinajstić information content (AvgIpc) is 2.60. The van der Waals surface area contributed by atoms with E-state index in [1.165, 1.54) is 5.56 Å². The van der Waals surface area contributed by atoms with Gasteiger partial charge in [-0.15, -0.1) is 0 Å². The van der Waals surface area contributed by atoms with Crippen LogP contribution in [0.25, 0.3) is 0 Å². The normalized spacial score (nSPS) is 12.7. The number of nitrogens with two attached hydrogens (primary N) is 1. The molecule has 1 heterocycles. The maximum atomic E-state index is 6.03. The highest BCUT2D eigenvalue weighted by Gasteiger charge is 2.14. The molecule has 1 atom stereocenters. The molecule has 0 amide bonds. The minimum Gasteiger partial charge on any atom is -0.328 e. The number of rotatable bonds is 3. The fourth-order valence-corrected chi connectivity index (χ4v) is 2.03. The fraction of sp³-hybridized carbons (Fsp3) is 0.308. The predicted molar refractivity (Wildman–Crippen MR) is 70.3 cm³/mol. The molecule has 4 heteroatoms. The van der Waals surface area contributed by atoms with Crippen LogP contribution < -0.4 is 5.73 Å². The van der Waals surface area contributed by atoms with E-state index in [1.54, 1.807) is 0 Å². The van der Waals surface area contributed by atoms with Crippen LogP contribution >= 0.6 is 11.6 Å². The van der Waals surface area contributed by atoms with Crippen LogP contribution in [0.15, 0.2) is 30.5 Å². The van der Waals surface area contributed by atoms with Crippen molar-refractivity contribution >= 4 is 11.6 Å². The number of aromatic nitrogens is 2. The molecule has 2 aromatic rings. The fourth-order valence-electron chi connectivity index (χ4n) is 1.89. The van der Waals surface area contributed by atoms with Crippen molar-refractivity contribution < 1.29 is 0 Å². The maximum absolute atomic E-state index is 6.03. The number of hydrogen-bond donors (Lipinski definition) is 1. The zero-order valence-electron chi connectivity index (χ0n) is 10.0. The topological polar surface area (TPSA) is 43.8 Å². The van der Waals surface area contributed by atoms with Gasteiger partial charge in [-0.25, -0.2) is 0 Å². The zero-order valence-corrected chi connectivity index (χ0v) is 10.8.